The van der Waals surface area contributed by atoms with E-state index >= 15 is 0 Å². The summed E-state index contributed by atoms with van der Waals surface area (Å²) in [6.45, 7) is 1.03. The third-order valence-corrected chi connectivity index (χ3v) is 4.22. The number of aromatic amines is 1. The maximum absolute atomic E-state index is 12.0. The first-order chi connectivity index (χ1) is 11.6. The summed E-state index contributed by atoms with van der Waals surface area (Å²) in [5.74, 6) is 0.694. The molecule has 0 radical (unpaired) electrons. The van der Waals surface area contributed by atoms with Crippen LogP contribution in [0.5, 0.6) is 5.75 Å². The lowest BCUT2D eigenvalue weighted by Gasteiger charge is -2.16. The van der Waals surface area contributed by atoms with E-state index in [4.69, 9.17) is 21.7 Å². The lowest BCUT2D eigenvalue weighted by atomic mass is 10.0. The van der Waals surface area contributed by atoms with Gasteiger partial charge in [-0.05, 0) is 35.1 Å². The average Bonchev–Trinajstić information content (AvgIpc) is 2.59. The van der Waals surface area contributed by atoms with Crippen LogP contribution >= 0.6 is 12.2 Å². The summed E-state index contributed by atoms with van der Waals surface area (Å²) in [7, 11) is 3.25. The third-order valence-electron chi connectivity index (χ3n) is 3.90. The molecule has 1 N–H and O–H groups in total. The summed E-state index contributed by atoms with van der Waals surface area (Å²) >= 11 is 5.33. The van der Waals surface area contributed by atoms with Crippen LogP contribution in [-0.2, 0) is 11.3 Å². The molecule has 0 bridgehead atoms. The number of nitrogens with one attached hydrogen (secondary N) is 1. The van der Waals surface area contributed by atoms with Gasteiger partial charge in [0.1, 0.15) is 5.75 Å². The Morgan fingerprint density at radius 2 is 1.83 bits per heavy atom. The maximum Gasteiger partial charge on any atom is 0.252 e. The molecule has 124 valence electrons. The number of rotatable bonds is 5. The molecule has 1 heterocycles. The molecule has 1 aromatic heterocycles. The quantitative estimate of drug-likeness (QED) is 0.722. The lowest BCUT2D eigenvalue weighted by molar-refractivity contribution is 0.186. The van der Waals surface area contributed by atoms with E-state index in [0.717, 1.165) is 16.3 Å². The highest BCUT2D eigenvalue weighted by Crippen LogP contribution is 2.33. The standard InChI is InChI=1S/C18H18N2O3S/c1-22-8-7-20-15(11-17(21)19-18(20)24)14-9-12-5-3-4-6-13(12)10-16(14)23-2/h3-6,9-11H,7-8H2,1-2H3,(H,19,21,24). The zero-order valence-corrected chi connectivity index (χ0v) is 14.4. The first kappa shape index (κ1) is 16.4. The van der Waals surface area contributed by atoms with Crippen molar-refractivity contribution < 1.29 is 9.47 Å². The van der Waals surface area contributed by atoms with E-state index in [2.05, 4.69) is 4.98 Å². The van der Waals surface area contributed by atoms with Crippen LogP contribution in [0.15, 0.2) is 47.3 Å². The molecule has 3 aromatic rings. The highest BCUT2D eigenvalue weighted by Gasteiger charge is 2.13. The van der Waals surface area contributed by atoms with Crippen molar-refractivity contribution in [2.75, 3.05) is 20.8 Å². The molecule has 0 amide bonds. The second-order valence-corrected chi connectivity index (χ2v) is 5.75. The molecule has 0 aliphatic rings. The molecule has 0 saturated heterocycles. The monoisotopic (exact) mass is 342 g/mol. The number of ether oxygens (including phenoxy) is 2. The largest absolute Gasteiger partial charge is 0.496 e. The topological polar surface area (TPSA) is 56.2 Å². The maximum atomic E-state index is 12.0. The number of fused-ring (bicyclic) bond motifs is 1. The fourth-order valence-corrected chi connectivity index (χ4v) is 3.03. The molecule has 0 atom stereocenters. The van der Waals surface area contributed by atoms with Gasteiger partial charge in [0.15, 0.2) is 4.77 Å². The molecule has 0 saturated carbocycles. The summed E-state index contributed by atoms with van der Waals surface area (Å²) in [5.41, 5.74) is 1.30. The highest BCUT2D eigenvalue weighted by atomic mass is 32.1. The van der Waals surface area contributed by atoms with Gasteiger partial charge in [0, 0.05) is 25.3 Å². The van der Waals surface area contributed by atoms with Gasteiger partial charge in [0.2, 0.25) is 0 Å². The van der Waals surface area contributed by atoms with Gasteiger partial charge in [0.25, 0.3) is 5.56 Å². The van der Waals surface area contributed by atoms with Crippen LogP contribution in [0, 0.1) is 4.77 Å². The van der Waals surface area contributed by atoms with Crippen LogP contribution < -0.4 is 10.3 Å². The number of hydrogen-bond donors (Lipinski definition) is 1. The Kier molecular flexibility index (Phi) is 4.78. The summed E-state index contributed by atoms with van der Waals surface area (Å²) in [6.07, 6.45) is 0. The molecule has 0 aliphatic heterocycles. The van der Waals surface area contributed by atoms with Crippen molar-refractivity contribution in [3.8, 4) is 17.0 Å². The summed E-state index contributed by atoms with van der Waals surface area (Å²) < 4.78 is 12.9. The first-order valence-electron chi connectivity index (χ1n) is 7.54. The van der Waals surface area contributed by atoms with Crippen LogP contribution in [0.4, 0.5) is 0 Å². The second-order valence-electron chi connectivity index (χ2n) is 5.37. The number of benzene rings is 2. The molecule has 24 heavy (non-hydrogen) atoms. The van der Waals surface area contributed by atoms with E-state index < -0.39 is 0 Å². The van der Waals surface area contributed by atoms with E-state index in [0.29, 0.717) is 29.4 Å². The van der Waals surface area contributed by atoms with Crippen LogP contribution in [0.3, 0.4) is 0 Å². The Balaban J connectivity index is 2.30. The van der Waals surface area contributed by atoms with Gasteiger partial charge in [-0.25, -0.2) is 0 Å². The summed E-state index contributed by atoms with van der Waals surface area (Å²) in [4.78, 5) is 14.6. The molecule has 0 aliphatic carbocycles. The molecule has 0 unspecified atom stereocenters. The Labute approximate surface area is 144 Å². The minimum absolute atomic E-state index is 0.237. The van der Waals surface area contributed by atoms with Crippen LogP contribution in [0.1, 0.15) is 0 Å². The fourth-order valence-electron chi connectivity index (χ4n) is 2.74. The predicted molar refractivity (Wildman–Crippen MR) is 97.3 cm³/mol. The van der Waals surface area contributed by atoms with Gasteiger partial charge < -0.3 is 14.0 Å². The highest BCUT2D eigenvalue weighted by molar-refractivity contribution is 7.71. The van der Waals surface area contributed by atoms with Crippen LogP contribution in [0.25, 0.3) is 22.0 Å². The smallest absolute Gasteiger partial charge is 0.252 e. The fraction of sp³-hybridized carbons (Fsp3) is 0.222. The van der Waals surface area contributed by atoms with E-state index in [-0.39, 0.29) is 5.56 Å². The third kappa shape index (κ3) is 3.11. The second kappa shape index (κ2) is 6.98. The minimum atomic E-state index is -0.237. The SMILES string of the molecule is COCCn1c(-c2cc3ccccc3cc2OC)cc(=O)[nH]c1=S. The van der Waals surface area contributed by atoms with E-state index in [1.807, 2.05) is 41.0 Å². The van der Waals surface area contributed by atoms with Crippen molar-refractivity contribution in [1.82, 2.24) is 9.55 Å². The molecule has 3 rings (SSSR count). The normalized spacial score (nSPS) is 10.9. The molecule has 5 nitrogen and oxygen atoms in total. The van der Waals surface area contributed by atoms with Crippen molar-refractivity contribution >= 4 is 23.0 Å². The Bertz CT molecular complexity index is 991. The number of nitrogens with zero attached hydrogens (tertiary/aromatic N) is 1. The molecular formula is C18H18N2O3S. The van der Waals surface area contributed by atoms with Crippen molar-refractivity contribution in [1.29, 1.82) is 0 Å². The molecule has 6 heteroatoms. The average molecular weight is 342 g/mol. The van der Waals surface area contributed by atoms with Gasteiger partial charge >= 0.3 is 0 Å². The molecular weight excluding hydrogens is 324 g/mol. The van der Waals surface area contributed by atoms with E-state index in [1.54, 1.807) is 14.2 Å². The Hall–Kier alpha value is -2.44. The van der Waals surface area contributed by atoms with Gasteiger partial charge in [0.05, 0.1) is 19.4 Å². The van der Waals surface area contributed by atoms with E-state index in [9.17, 15) is 4.79 Å². The zero-order chi connectivity index (χ0) is 17.1. The zero-order valence-electron chi connectivity index (χ0n) is 13.5. The molecule has 2 aromatic carbocycles. The first-order valence-corrected chi connectivity index (χ1v) is 7.95. The predicted octanol–water partition coefficient (Wildman–Crippen LogP) is 3.38. The summed E-state index contributed by atoms with van der Waals surface area (Å²) in [5, 5.41) is 2.14. The minimum Gasteiger partial charge on any atom is -0.496 e. The van der Waals surface area contributed by atoms with Gasteiger partial charge in [-0.2, -0.15) is 0 Å². The molecule has 0 spiro atoms. The van der Waals surface area contributed by atoms with Crippen molar-refractivity contribution in [2.24, 2.45) is 0 Å². The lowest BCUT2D eigenvalue weighted by Crippen LogP contribution is -2.17. The number of hydrogen-bond acceptors (Lipinski definition) is 4. The Morgan fingerprint density at radius 3 is 2.50 bits per heavy atom. The number of H-pyrrole nitrogens is 1. The van der Waals surface area contributed by atoms with Crippen molar-refractivity contribution in [3.05, 3.63) is 57.6 Å². The Morgan fingerprint density at radius 1 is 1.12 bits per heavy atom. The number of methoxy groups -OCH3 is 2. The summed E-state index contributed by atoms with van der Waals surface area (Å²) in [6, 6.07) is 13.5. The van der Waals surface area contributed by atoms with Gasteiger partial charge in [-0.1, -0.05) is 24.3 Å². The van der Waals surface area contributed by atoms with Gasteiger partial charge in [-0.3, -0.25) is 9.78 Å². The van der Waals surface area contributed by atoms with Crippen molar-refractivity contribution in [2.45, 2.75) is 6.54 Å². The van der Waals surface area contributed by atoms with E-state index in [1.165, 1.54) is 6.07 Å². The van der Waals surface area contributed by atoms with Crippen LogP contribution in [-0.4, -0.2) is 30.4 Å². The number of aromatic nitrogens is 2. The van der Waals surface area contributed by atoms with Gasteiger partial charge in [-0.15, -0.1) is 0 Å². The van der Waals surface area contributed by atoms with Crippen LogP contribution in [0.2, 0.25) is 0 Å². The van der Waals surface area contributed by atoms with Crippen molar-refractivity contribution in [3.63, 3.8) is 0 Å². The molecule has 0 fully saturated rings.